The maximum atomic E-state index is 12.5. The summed E-state index contributed by atoms with van der Waals surface area (Å²) in [5, 5.41) is 2.94. The van der Waals surface area contributed by atoms with Gasteiger partial charge in [0.15, 0.2) is 5.58 Å². The van der Waals surface area contributed by atoms with Gasteiger partial charge in [-0.05, 0) is 71.5 Å². The Hall–Kier alpha value is -3.40. The van der Waals surface area contributed by atoms with Crippen LogP contribution in [0.3, 0.4) is 0 Å². The van der Waals surface area contributed by atoms with Crippen molar-refractivity contribution in [1.82, 2.24) is 4.98 Å². The molecule has 0 saturated heterocycles. The molecule has 0 radical (unpaired) electrons. The van der Waals surface area contributed by atoms with E-state index in [1.807, 2.05) is 54.6 Å². The highest BCUT2D eigenvalue weighted by atomic mass is 16.3. The molecule has 1 heterocycles. The average Bonchev–Trinajstić information content (AvgIpc) is 3.17. The molecule has 1 N–H and O–H groups in total. The average molecular weight is 399 g/mol. The number of hydrogen-bond donors (Lipinski definition) is 1. The number of hydrogen-bond acceptors (Lipinski definition) is 3. The van der Waals surface area contributed by atoms with Crippen LogP contribution >= 0.6 is 0 Å². The van der Waals surface area contributed by atoms with Crippen LogP contribution in [-0.4, -0.2) is 10.9 Å². The SMILES string of the molecule is CC(C)c1ccc(C(=O)Nc2ccc(-c3nc4cc(C(C)C)ccc4o3)cc2)cc1. The van der Waals surface area contributed by atoms with Gasteiger partial charge < -0.3 is 9.73 Å². The number of nitrogens with one attached hydrogen (secondary N) is 1. The van der Waals surface area contributed by atoms with Crippen molar-refractivity contribution < 1.29 is 9.21 Å². The van der Waals surface area contributed by atoms with Crippen molar-refractivity contribution in [3.05, 3.63) is 83.4 Å². The largest absolute Gasteiger partial charge is 0.436 e. The van der Waals surface area contributed by atoms with Crippen LogP contribution in [0.5, 0.6) is 0 Å². The molecule has 4 heteroatoms. The summed E-state index contributed by atoms with van der Waals surface area (Å²) in [4.78, 5) is 17.1. The number of aromatic nitrogens is 1. The zero-order valence-electron chi connectivity index (χ0n) is 17.8. The van der Waals surface area contributed by atoms with E-state index in [1.54, 1.807) is 0 Å². The van der Waals surface area contributed by atoms with Crippen molar-refractivity contribution in [2.24, 2.45) is 0 Å². The van der Waals surface area contributed by atoms with E-state index in [4.69, 9.17) is 4.42 Å². The maximum absolute atomic E-state index is 12.5. The molecule has 3 aromatic carbocycles. The Morgan fingerprint density at radius 2 is 1.47 bits per heavy atom. The van der Waals surface area contributed by atoms with Crippen LogP contribution < -0.4 is 5.32 Å². The Morgan fingerprint density at radius 1 is 0.833 bits per heavy atom. The van der Waals surface area contributed by atoms with Gasteiger partial charge in [-0.1, -0.05) is 45.9 Å². The molecule has 0 atom stereocenters. The summed E-state index contributed by atoms with van der Waals surface area (Å²) < 4.78 is 5.91. The minimum absolute atomic E-state index is 0.124. The lowest BCUT2D eigenvalue weighted by atomic mass is 10.0. The number of carbonyl (C=O) groups is 1. The molecule has 0 aliphatic carbocycles. The van der Waals surface area contributed by atoms with Crippen molar-refractivity contribution in [3.63, 3.8) is 0 Å². The Morgan fingerprint density at radius 3 is 2.10 bits per heavy atom. The second-order valence-electron chi connectivity index (χ2n) is 8.21. The van der Waals surface area contributed by atoms with E-state index in [-0.39, 0.29) is 5.91 Å². The van der Waals surface area contributed by atoms with Crippen LogP contribution in [-0.2, 0) is 0 Å². The van der Waals surface area contributed by atoms with Gasteiger partial charge >= 0.3 is 0 Å². The monoisotopic (exact) mass is 398 g/mol. The highest BCUT2D eigenvalue weighted by molar-refractivity contribution is 6.04. The van der Waals surface area contributed by atoms with E-state index < -0.39 is 0 Å². The fourth-order valence-corrected chi connectivity index (χ4v) is 3.35. The number of fused-ring (bicyclic) bond motifs is 1. The van der Waals surface area contributed by atoms with E-state index in [0.29, 0.717) is 23.3 Å². The molecular formula is C26H26N2O2. The molecule has 1 aromatic heterocycles. The lowest BCUT2D eigenvalue weighted by Gasteiger charge is -2.08. The van der Waals surface area contributed by atoms with Crippen molar-refractivity contribution in [2.75, 3.05) is 5.32 Å². The first kappa shape index (κ1) is 19.9. The van der Waals surface area contributed by atoms with Gasteiger partial charge in [-0.3, -0.25) is 4.79 Å². The third kappa shape index (κ3) is 4.13. The lowest BCUT2D eigenvalue weighted by Crippen LogP contribution is -2.11. The van der Waals surface area contributed by atoms with Gasteiger partial charge in [0.25, 0.3) is 5.91 Å². The lowest BCUT2D eigenvalue weighted by molar-refractivity contribution is 0.102. The van der Waals surface area contributed by atoms with E-state index >= 15 is 0 Å². The number of anilines is 1. The summed E-state index contributed by atoms with van der Waals surface area (Å²) in [7, 11) is 0. The molecule has 0 saturated carbocycles. The van der Waals surface area contributed by atoms with Crippen molar-refractivity contribution in [3.8, 4) is 11.5 Å². The molecule has 0 aliphatic heterocycles. The van der Waals surface area contributed by atoms with E-state index in [9.17, 15) is 4.79 Å². The maximum Gasteiger partial charge on any atom is 0.255 e. The van der Waals surface area contributed by atoms with Crippen LogP contribution in [0.4, 0.5) is 5.69 Å². The summed E-state index contributed by atoms with van der Waals surface area (Å²) in [6.07, 6.45) is 0. The molecule has 4 nitrogen and oxygen atoms in total. The Balaban J connectivity index is 1.50. The first-order valence-electron chi connectivity index (χ1n) is 10.3. The van der Waals surface area contributed by atoms with Crippen molar-refractivity contribution in [1.29, 1.82) is 0 Å². The number of nitrogens with zero attached hydrogens (tertiary/aromatic N) is 1. The van der Waals surface area contributed by atoms with Crippen LogP contribution in [0.25, 0.3) is 22.6 Å². The standard InChI is InChI=1S/C26H26N2O2/c1-16(2)18-5-7-19(8-6-18)25(29)27-22-12-9-20(10-13-22)26-28-23-15-21(17(3)4)11-14-24(23)30-26/h5-17H,1-4H3,(H,27,29). The zero-order chi connectivity index (χ0) is 21.3. The fourth-order valence-electron chi connectivity index (χ4n) is 3.35. The Kier molecular flexibility index (Phi) is 5.40. The minimum Gasteiger partial charge on any atom is -0.436 e. The molecule has 0 aliphatic rings. The summed E-state index contributed by atoms with van der Waals surface area (Å²) in [5.74, 6) is 1.34. The van der Waals surface area contributed by atoms with Crippen molar-refractivity contribution >= 4 is 22.7 Å². The van der Waals surface area contributed by atoms with Gasteiger partial charge in [-0.2, -0.15) is 0 Å². The van der Waals surface area contributed by atoms with Gasteiger partial charge in [0.1, 0.15) is 5.52 Å². The predicted octanol–water partition coefficient (Wildman–Crippen LogP) is 6.99. The number of oxazole rings is 1. The number of rotatable bonds is 5. The van der Waals surface area contributed by atoms with Crippen LogP contribution in [0, 0.1) is 0 Å². The zero-order valence-corrected chi connectivity index (χ0v) is 17.8. The summed E-state index contributed by atoms with van der Waals surface area (Å²) >= 11 is 0. The quantitative estimate of drug-likeness (QED) is 0.394. The van der Waals surface area contributed by atoms with E-state index in [0.717, 1.165) is 22.4 Å². The Bertz CT molecular complexity index is 1170. The van der Waals surface area contributed by atoms with Crippen LogP contribution in [0.15, 0.2) is 71.1 Å². The second kappa shape index (κ2) is 8.15. The van der Waals surface area contributed by atoms with Gasteiger partial charge in [-0.15, -0.1) is 0 Å². The van der Waals surface area contributed by atoms with Gasteiger partial charge in [-0.25, -0.2) is 4.98 Å². The highest BCUT2D eigenvalue weighted by Gasteiger charge is 2.11. The predicted molar refractivity (Wildman–Crippen MR) is 122 cm³/mol. The van der Waals surface area contributed by atoms with E-state index in [1.165, 1.54) is 11.1 Å². The number of amides is 1. The molecular weight excluding hydrogens is 372 g/mol. The molecule has 1 amide bonds. The number of benzene rings is 3. The normalized spacial score (nSPS) is 11.4. The molecule has 30 heavy (non-hydrogen) atoms. The molecule has 0 unspecified atom stereocenters. The van der Waals surface area contributed by atoms with Gasteiger partial charge in [0, 0.05) is 16.8 Å². The smallest absolute Gasteiger partial charge is 0.255 e. The summed E-state index contributed by atoms with van der Waals surface area (Å²) in [6.45, 7) is 8.59. The Labute approximate surface area is 177 Å². The van der Waals surface area contributed by atoms with Crippen LogP contribution in [0.1, 0.15) is 61.0 Å². The van der Waals surface area contributed by atoms with Crippen molar-refractivity contribution in [2.45, 2.75) is 39.5 Å². The molecule has 0 fully saturated rings. The highest BCUT2D eigenvalue weighted by Crippen LogP contribution is 2.28. The molecule has 4 aromatic rings. The molecule has 4 rings (SSSR count). The van der Waals surface area contributed by atoms with Gasteiger partial charge in [0.2, 0.25) is 5.89 Å². The van der Waals surface area contributed by atoms with Crippen LogP contribution in [0.2, 0.25) is 0 Å². The number of carbonyl (C=O) groups excluding carboxylic acids is 1. The third-order valence-electron chi connectivity index (χ3n) is 5.31. The molecule has 0 bridgehead atoms. The third-order valence-corrected chi connectivity index (χ3v) is 5.31. The molecule has 152 valence electrons. The van der Waals surface area contributed by atoms with Gasteiger partial charge in [0.05, 0.1) is 0 Å². The fraction of sp³-hybridized carbons (Fsp3) is 0.231. The topological polar surface area (TPSA) is 55.1 Å². The first-order chi connectivity index (χ1) is 14.4. The first-order valence-corrected chi connectivity index (χ1v) is 10.3. The second-order valence-corrected chi connectivity index (χ2v) is 8.21. The minimum atomic E-state index is -0.124. The van der Waals surface area contributed by atoms with E-state index in [2.05, 4.69) is 50.1 Å². The summed E-state index contributed by atoms with van der Waals surface area (Å²) in [6, 6.07) is 21.4. The summed E-state index contributed by atoms with van der Waals surface area (Å²) in [5.41, 5.74) is 6.33. The molecule has 0 spiro atoms.